The normalized spacial score (nSPS) is 29.3. The monoisotopic (exact) mass is 187 g/mol. The standard InChI is InChI=1S/C8H13NO2S/c12-9-7-1-3-8(4-2-7)10-5-6-11-8/h7H,1-6H2. The Labute approximate surface area is 77.6 Å². The van der Waals surface area contributed by atoms with Gasteiger partial charge in [0.2, 0.25) is 0 Å². The highest BCUT2D eigenvalue weighted by Crippen LogP contribution is 2.36. The zero-order valence-electron chi connectivity index (χ0n) is 6.99. The lowest BCUT2D eigenvalue weighted by Gasteiger charge is -2.33. The SMILES string of the molecule is S=NC1CCC2(CC1)OCCO2. The van der Waals surface area contributed by atoms with E-state index in [4.69, 9.17) is 9.47 Å². The maximum atomic E-state index is 5.58. The van der Waals surface area contributed by atoms with E-state index in [9.17, 15) is 0 Å². The maximum Gasteiger partial charge on any atom is 0.168 e. The smallest absolute Gasteiger partial charge is 0.168 e. The Kier molecular flexibility index (Phi) is 2.39. The minimum absolute atomic E-state index is 0.253. The topological polar surface area (TPSA) is 30.8 Å². The molecule has 0 unspecified atom stereocenters. The minimum atomic E-state index is -0.253. The van der Waals surface area contributed by atoms with Gasteiger partial charge in [0.1, 0.15) is 0 Å². The van der Waals surface area contributed by atoms with Gasteiger partial charge in [-0.25, -0.2) is 4.36 Å². The molecule has 2 fully saturated rings. The molecule has 1 saturated heterocycles. The molecule has 0 aromatic heterocycles. The fourth-order valence-corrected chi connectivity index (χ4v) is 2.14. The summed E-state index contributed by atoms with van der Waals surface area (Å²) in [6, 6.07) is 0.360. The molecule has 0 atom stereocenters. The number of rotatable bonds is 1. The van der Waals surface area contributed by atoms with Crippen molar-refractivity contribution in [1.29, 1.82) is 0 Å². The zero-order chi connectivity index (χ0) is 8.44. The first kappa shape index (κ1) is 8.53. The van der Waals surface area contributed by atoms with Gasteiger partial charge < -0.3 is 9.47 Å². The lowest BCUT2D eigenvalue weighted by molar-refractivity contribution is -0.178. The molecule has 3 nitrogen and oxygen atoms in total. The third-order valence-electron chi connectivity index (χ3n) is 2.68. The Morgan fingerprint density at radius 2 is 1.75 bits per heavy atom. The summed E-state index contributed by atoms with van der Waals surface area (Å²) >= 11 is 4.68. The molecule has 0 aromatic rings. The molecular formula is C8H13NO2S. The van der Waals surface area contributed by atoms with Gasteiger partial charge in [-0.1, -0.05) is 0 Å². The summed E-state index contributed by atoms with van der Waals surface area (Å²) in [5.74, 6) is -0.253. The summed E-state index contributed by atoms with van der Waals surface area (Å²) in [6.45, 7) is 1.49. The molecule has 1 heterocycles. The van der Waals surface area contributed by atoms with E-state index < -0.39 is 0 Å². The van der Waals surface area contributed by atoms with Gasteiger partial charge in [-0.3, -0.25) is 0 Å². The highest BCUT2D eigenvalue weighted by molar-refractivity contribution is 7.47. The molecular weight excluding hydrogens is 174 g/mol. The van der Waals surface area contributed by atoms with Crippen molar-refractivity contribution in [3.05, 3.63) is 0 Å². The van der Waals surface area contributed by atoms with Crippen LogP contribution in [0, 0.1) is 0 Å². The molecule has 0 bridgehead atoms. The van der Waals surface area contributed by atoms with Crippen LogP contribution in [0.1, 0.15) is 25.7 Å². The predicted molar refractivity (Wildman–Crippen MR) is 46.7 cm³/mol. The third-order valence-corrected chi connectivity index (χ3v) is 2.98. The average Bonchev–Trinajstić information content (AvgIpc) is 2.55. The zero-order valence-corrected chi connectivity index (χ0v) is 7.81. The van der Waals surface area contributed by atoms with Gasteiger partial charge in [-0.05, 0) is 12.8 Å². The predicted octanol–water partition coefficient (Wildman–Crippen LogP) is 1.40. The molecule has 1 aliphatic heterocycles. The molecule has 0 amide bonds. The summed E-state index contributed by atoms with van der Waals surface area (Å²) in [4.78, 5) is 0. The van der Waals surface area contributed by atoms with Crippen molar-refractivity contribution in [1.82, 2.24) is 0 Å². The van der Waals surface area contributed by atoms with Crippen LogP contribution < -0.4 is 0 Å². The van der Waals surface area contributed by atoms with E-state index in [0.717, 1.165) is 38.9 Å². The van der Waals surface area contributed by atoms with Gasteiger partial charge in [0, 0.05) is 25.3 Å². The van der Waals surface area contributed by atoms with E-state index in [0.29, 0.717) is 6.04 Å². The average molecular weight is 187 g/mol. The highest BCUT2D eigenvalue weighted by atomic mass is 32.1. The number of nitrogens with zero attached hydrogens (tertiary/aromatic N) is 1. The van der Waals surface area contributed by atoms with Crippen molar-refractivity contribution in [2.45, 2.75) is 37.5 Å². The van der Waals surface area contributed by atoms with Gasteiger partial charge in [0.25, 0.3) is 0 Å². The van der Waals surface area contributed by atoms with Crippen molar-refractivity contribution in [2.75, 3.05) is 13.2 Å². The molecule has 0 aromatic carbocycles. The highest BCUT2D eigenvalue weighted by Gasteiger charge is 2.40. The molecule has 0 N–H and O–H groups in total. The number of ether oxygens (including phenoxy) is 2. The lowest BCUT2D eigenvalue weighted by Crippen LogP contribution is -2.36. The van der Waals surface area contributed by atoms with Crippen molar-refractivity contribution in [3.8, 4) is 0 Å². The molecule has 2 rings (SSSR count). The first-order chi connectivity index (χ1) is 5.85. The van der Waals surface area contributed by atoms with Crippen LogP contribution in [0.5, 0.6) is 0 Å². The molecule has 2 aliphatic rings. The summed E-state index contributed by atoms with van der Waals surface area (Å²) < 4.78 is 15.0. The van der Waals surface area contributed by atoms with Crippen LogP contribution in [-0.4, -0.2) is 25.0 Å². The molecule has 1 saturated carbocycles. The van der Waals surface area contributed by atoms with E-state index in [1.54, 1.807) is 0 Å². The van der Waals surface area contributed by atoms with Crippen LogP contribution in [-0.2, 0) is 21.9 Å². The van der Waals surface area contributed by atoms with Gasteiger partial charge in [0.05, 0.1) is 19.3 Å². The number of hydrogen-bond acceptors (Lipinski definition) is 4. The Bertz CT molecular complexity index is 170. The fraction of sp³-hybridized carbons (Fsp3) is 1.00. The van der Waals surface area contributed by atoms with Gasteiger partial charge in [-0.15, -0.1) is 0 Å². The molecule has 68 valence electrons. The van der Waals surface area contributed by atoms with Crippen LogP contribution >= 0.6 is 0 Å². The van der Waals surface area contributed by atoms with E-state index in [2.05, 4.69) is 16.8 Å². The Hall–Kier alpha value is -0.0600. The molecule has 1 spiro atoms. The van der Waals surface area contributed by atoms with E-state index in [1.807, 2.05) is 0 Å². The van der Waals surface area contributed by atoms with Crippen molar-refractivity contribution < 1.29 is 9.47 Å². The quantitative estimate of drug-likeness (QED) is 0.621. The first-order valence-electron chi connectivity index (χ1n) is 4.45. The fourth-order valence-electron chi connectivity index (χ4n) is 1.93. The van der Waals surface area contributed by atoms with E-state index >= 15 is 0 Å². The Morgan fingerprint density at radius 3 is 2.25 bits per heavy atom. The summed E-state index contributed by atoms with van der Waals surface area (Å²) in [5.41, 5.74) is 0. The summed E-state index contributed by atoms with van der Waals surface area (Å²) in [6.07, 6.45) is 3.95. The van der Waals surface area contributed by atoms with E-state index in [1.165, 1.54) is 0 Å². The Balaban J connectivity index is 1.92. The molecule has 1 aliphatic carbocycles. The van der Waals surface area contributed by atoms with Crippen LogP contribution in [0.2, 0.25) is 0 Å². The summed E-state index contributed by atoms with van der Waals surface area (Å²) in [7, 11) is 0. The second kappa shape index (κ2) is 3.36. The Morgan fingerprint density at radius 1 is 1.17 bits per heavy atom. The van der Waals surface area contributed by atoms with Crippen molar-refractivity contribution >= 4 is 12.4 Å². The van der Waals surface area contributed by atoms with E-state index in [-0.39, 0.29) is 5.79 Å². The van der Waals surface area contributed by atoms with Crippen molar-refractivity contribution in [2.24, 2.45) is 4.36 Å². The molecule has 0 radical (unpaired) electrons. The van der Waals surface area contributed by atoms with Gasteiger partial charge in [-0.2, -0.15) is 0 Å². The molecule has 4 heteroatoms. The maximum absolute atomic E-state index is 5.58. The van der Waals surface area contributed by atoms with Gasteiger partial charge >= 0.3 is 0 Å². The summed E-state index contributed by atoms with van der Waals surface area (Å²) in [5, 5.41) is 0. The van der Waals surface area contributed by atoms with Crippen LogP contribution in [0.4, 0.5) is 0 Å². The van der Waals surface area contributed by atoms with Crippen molar-refractivity contribution in [3.63, 3.8) is 0 Å². The first-order valence-corrected chi connectivity index (χ1v) is 4.82. The van der Waals surface area contributed by atoms with Crippen LogP contribution in [0.25, 0.3) is 0 Å². The molecule has 12 heavy (non-hydrogen) atoms. The van der Waals surface area contributed by atoms with Crippen LogP contribution in [0.15, 0.2) is 4.36 Å². The number of hydrogen-bond donors (Lipinski definition) is 0. The second-order valence-corrected chi connectivity index (χ2v) is 3.66. The largest absolute Gasteiger partial charge is 0.348 e. The lowest BCUT2D eigenvalue weighted by atomic mass is 9.91. The minimum Gasteiger partial charge on any atom is -0.348 e. The second-order valence-electron chi connectivity index (χ2n) is 3.44. The van der Waals surface area contributed by atoms with Gasteiger partial charge in [0.15, 0.2) is 5.79 Å². The van der Waals surface area contributed by atoms with Crippen LogP contribution in [0.3, 0.4) is 0 Å². The third kappa shape index (κ3) is 1.51.